The van der Waals surface area contributed by atoms with Gasteiger partial charge in [0, 0.05) is 30.4 Å². The second-order valence-electron chi connectivity index (χ2n) is 3.99. The molecule has 0 aliphatic carbocycles. The van der Waals surface area contributed by atoms with Crippen LogP contribution in [0.15, 0.2) is 24.3 Å². The van der Waals surface area contributed by atoms with Crippen LogP contribution >= 0.6 is 22.6 Å². The lowest BCUT2D eigenvalue weighted by molar-refractivity contribution is 0.0276. The zero-order chi connectivity index (χ0) is 12.7. The lowest BCUT2D eigenvalue weighted by atomic mass is 10.1. The van der Waals surface area contributed by atoms with Crippen LogP contribution in [0.4, 0.5) is 0 Å². The predicted octanol–water partition coefficient (Wildman–Crippen LogP) is 2.60. The van der Waals surface area contributed by atoms with Crippen LogP contribution in [0, 0.1) is 3.57 Å². The van der Waals surface area contributed by atoms with Gasteiger partial charge in [0.2, 0.25) is 0 Å². The van der Waals surface area contributed by atoms with Crippen molar-refractivity contribution in [2.75, 3.05) is 27.4 Å². The first-order valence-corrected chi connectivity index (χ1v) is 6.75. The van der Waals surface area contributed by atoms with Crippen LogP contribution < -0.4 is 5.32 Å². The lowest BCUT2D eigenvalue weighted by Crippen LogP contribution is -2.33. The molecule has 1 rings (SSSR count). The highest BCUT2D eigenvalue weighted by Gasteiger charge is 2.10. The maximum Gasteiger partial charge on any atom is 0.0928 e. The summed E-state index contributed by atoms with van der Waals surface area (Å²) in [6.45, 7) is 3.56. The molecule has 0 fully saturated rings. The molecule has 0 saturated carbocycles. The molecule has 0 bridgehead atoms. The third-order valence-corrected chi connectivity index (χ3v) is 3.43. The molecule has 1 N–H and O–H groups in total. The van der Waals surface area contributed by atoms with Gasteiger partial charge >= 0.3 is 0 Å². The van der Waals surface area contributed by atoms with Crippen molar-refractivity contribution in [2.45, 2.75) is 19.1 Å². The number of rotatable bonds is 7. The topological polar surface area (TPSA) is 30.5 Å². The van der Waals surface area contributed by atoms with Crippen molar-refractivity contribution in [3.8, 4) is 0 Å². The highest BCUT2D eigenvalue weighted by molar-refractivity contribution is 14.1. The van der Waals surface area contributed by atoms with Crippen LogP contribution in [0.1, 0.15) is 18.5 Å². The number of benzene rings is 1. The van der Waals surface area contributed by atoms with Gasteiger partial charge in [0.05, 0.1) is 12.7 Å². The molecule has 0 aliphatic rings. The van der Waals surface area contributed by atoms with E-state index in [1.54, 1.807) is 14.2 Å². The Bertz CT molecular complexity index is 316. The van der Waals surface area contributed by atoms with E-state index in [0.29, 0.717) is 12.6 Å². The molecule has 2 unspecified atom stereocenters. The van der Waals surface area contributed by atoms with Crippen LogP contribution in [0.3, 0.4) is 0 Å². The van der Waals surface area contributed by atoms with Gasteiger partial charge in [-0.25, -0.2) is 0 Å². The van der Waals surface area contributed by atoms with E-state index in [2.05, 4.69) is 59.1 Å². The highest BCUT2D eigenvalue weighted by atomic mass is 127. The van der Waals surface area contributed by atoms with Gasteiger partial charge in [-0.2, -0.15) is 0 Å². The van der Waals surface area contributed by atoms with E-state index in [0.717, 1.165) is 6.54 Å². The maximum atomic E-state index is 5.31. The number of hydrogen-bond acceptors (Lipinski definition) is 3. The second-order valence-corrected chi connectivity index (χ2v) is 5.24. The van der Waals surface area contributed by atoms with Crippen molar-refractivity contribution in [3.05, 3.63) is 33.4 Å². The Morgan fingerprint density at radius 3 is 2.41 bits per heavy atom. The molecule has 4 heteroatoms. The van der Waals surface area contributed by atoms with E-state index in [4.69, 9.17) is 9.47 Å². The van der Waals surface area contributed by atoms with E-state index in [-0.39, 0.29) is 6.10 Å². The standard InChI is InChI=1S/C13H20INO2/c1-10(11-4-6-12(14)7-5-11)15-8-13(17-3)9-16-2/h4-7,10,13,15H,8-9H2,1-3H3. The number of halogens is 1. The van der Waals surface area contributed by atoms with Gasteiger partial charge < -0.3 is 14.8 Å². The second kappa shape index (κ2) is 8.02. The smallest absolute Gasteiger partial charge is 0.0928 e. The van der Waals surface area contributed by atoms with Crippen molar-refractivity contribution in [1.82, 2.24) is 5.32 Å². The molecule has 2 atom stereocenters. The van der Waals surface area contributed by atoms with E-state index in [9.17, 15) is 0 Å². The van der Waals surface area contributed by atoms with Crippen LogP contribution in [0.2, 0.25) is 0 Å². The molecule has 0 heterocycles. The van der Waals surface area contributed by atoms with Crippen LogP contribution in [0.5, 0.6) is 0 Å². The SMILES string of the molecule is COCC(CNC(C)c1ccc(I)cc1)OC. The molecule has 17 heavy (non-hydrogen) atoms. The van der Waals surface area contributed by atoms with E-state index < -0.39 is 0 Å². The van der Waals surface area contributed by atoms with Gasteiger partial charge in [0.25, 0.3) is 0 Å². The van der Waals surface area contributed by atoms with Gasteiger partial charge in [-0.05, 0) is 47.2 Å². The predicted molar refractivity (Wildman–Crippen MR) is 78.2 cm³/mol. The summed E-state index contributed by atoms with van der Waals surface area (Å²) in [5, 5.41) is 3.45. The molecule has 0 aliphatic heterocycles. The molecule has 0 amide bonds. The van der Waals surface area contributed by atoms with Crippen LogP contribution in [-0.2, 0) is 9.47 Å². The Balaban J connectivity index is 2.43. The summed E-state index contributed by atoms with van der Waals surface area (Å²) in [5.41, 5.74) is 1.29. The van der Waals surface area contributed by atoms with Crippen molar-refractivity contribution >= 4 is 22.6 Å². The molecule has 0 radical (unpaired) electrons. The van der Waals surface area contributed by atoms with Crippen molar-refractivity contribution in [1.29, 1.82) is 0 Å². The first-order valence-electron chi connectivity index (χ1n) is 5.68. The molecule has 0 aromatic heterocycles. The zero-order valence-corrected chi connectivity index (χ0v) is 12.7. The molecule has 96 valence electrons. The minimum atomic E-state index is 0.103. The summed E-state index contributed by atoms with van der Waals surface area (Å²) in [6, 6.07) is 8.87. The third-order valence-electron chi connectivity index (χ3n) is 2.71. The summed E-state index contributed by atoms with van der Waals surface area (Å²) in [7, 11) is 3.40. The lowest BCUT2D eigenvalue weighted by Gasteiger charge is -2.19. The van der Waals surface area contributed by atoms with Gasteiger partial charge in [0.1, 0.15) is 0 Å². The Hall–Kier alpha value is -0.170. The number of nitrogens with one attached hydrogen (secondary N) is 1. The Morgan fingerprint density at radius 1 is 1.24 bits per heavy atom. The molecule has 3 nitrogen and oxygen atoms in total. The van der Waals surface area contributed by atoms with E-state index in [1.165, 1.54) is 9.13 Å². The van der Waals surface area contributed by atoms with E-state index in [1.807, 2.05) is 0 Å². The average molecular weight is 349 g/mol. The number of ether oxygens (including phenoxy) is 2. The van der Waals surface area contributed by atoms with Gasteiger partial charge in [0.15, 0.2) is 0 Å². The number of methoxy groups -OCH3 is 2. The van der Waals surface area contributed by atoms with Gasteiger partial charge in [-0.1, -0.05) is 12.1 Å². The highest BCUT2D eigenvalue weighted by Crippen LogP contribution is 2.14. The molecular weight excluding hydrogens is 329 g/mol. The largest absolute Gasteiger partial charge is 0.382 e. The quantitative estimate of drug-likeness (QED) is 0.768. The summed E-state index contributed by atoms with van der Waals surface area (Å²) in [4.78, 5) is 0. The summed E-state index contributed by atoms with van der Waals surface area (Å²) >= 11 is 2.31. The van der Waals surface area contributed by atoms with Crippen LogP contribution in [-0.4, -0.2) is 33.5 Å². The molecule has 1 aromatic rings. The van der Waals surface area contributed by atoms with Crippen molar-refractivity contribution in [2.24, 2.45) is 0 Å². The molecular formula is C13H20INO2. The first-order chi connectivity index (χ1) is 8.17. The van der Waals surface area contributed by atoms with Crippen molar-refractivity contribution in [3.63, 3.8) is 0 Å². The average Bonchev–Trinajstić information content (AvgIpc) is 2.35. The molecule has 0 saturated heterocycles. The summed E-state index contributed by atoms with van der Waals surface area (Å²) < 4.78 is 11.6. The van der Waals surface area contributed by atoms with Gasteiger partial charge in [-0.15, -0.1) is 0 Å². The minimum Gasteiger partial charge on any atom is -0.382 e. The molecule has 0 spiro atoms. The third kappa shape index (κ3) is 5.33. The van der Waals surface area contributed by atoms with E-state index >= 15 is 0 Å². The fourth-order valence-corrected chi connectivity index (χ4v) is 1.93. The number of hydrogen-bond donors (Lipinski definition) is 1. The summed E-state index contributed by atoms with van der Waals surface area (Å²) in [6.07, 6.45) is 0.103. The Labute approximate surface area is 117 Å². The van der Waals surface area contributed by atoms with Crippen molar-refractivity contribution < 1.29 is 9.47 Å². The fourth-order valence-electron chi connectivity index (χ4n) is 1.57. The zero-order valence-electron chi connectivity index (χ0n) is 10.6. The summed E-state index contributed by atoms with van der Waals surface area (Å²) in [5.74, 6) is 0. The normalized spacial score (nSPS) is 14.6. The fraction of sp³-hybridized carbons (Fsp3) is 0.538. The first kappa shape index (κ1) is 14.9. The Morgan fingerprint density at radius 2 is 1.88 bits per heavy atom. The molecule has 1 aromatic carbocycles. The van der Waals surface area contributed by atoms with Crippen LogP contribution in [0.25, 0.3) is 0 Å². The minimum absolute atomic E-state index is 0.103. The van der Waals surface area contributed by atoms with Gasteiger partial charge in [-0.3, -0.25) is 0 Å². The Kier molecular flexibility index (Phi) is 7.03. The monoisotopic (exact) mass is 349 g/mol. The maximum absolute atomic E-state index is 5.31.